The van der Waals surface area contributed by atoms with Gasteiger partial charge in [0.25, 0.3) is 5.95 Å². The van der Waals surface area contributed by atoms with Gasteiger partial charge in [0.1, 0.15) is 18.5 Å². The van der Waals surface area contributed by atoms with E-state index in [2.05, 4.69) is 40.3 Å². The van der Waals surface area contributed by atoms with E-state index in [9.17, 15) is 0 Å². The first kappa shape index (κ1) is 11.5. The lowest BCUT2D eigenvalue weighted by Gasteiger charge is -2.04. The molecule has 2 N–H and O–H groups in total. The monoisotopic (exact) mass is 277 g/mol. The van der Waals surface area contributed by atoms with E-state index < -0.39 is 0 Å². The number of nitrogens with one attached hydrogen (secondary N) is 2. The second-order valence-corrected chi connectivity index (χ2v) is 3.80. The Morgan fingerprint density at radius 2 is 2.26 bits per heavy atom. The van der Waals surface area contributed by atoms with Crippen LogP contribution in [0, 0.1) is 0 Å². The predicted molar refractivity (Wildman–Crippen MR) is 65.7 cm³/mol. The first-order valence-electron chi connectivity index (χ1n) is 5.30. The van der Waals surface area contributed by atoms with Gasteiger partial charge in [0, 0.05) is 12.4 Å². The third-order valence-corrected chi connectivity index (χ3v) is 2.36. The summed E-state index contributed by atoms with van der Waals surface area (Å²) >= 11 is 5.84. The lowest BCUT2D eigenvalue weighted by molar-refractivity contribution is 0.792. The van der Waals surface area contributed by atoms with Crippen molar-refractivity contribution in [3.8, 4) is 5.95 Å². The maximum absolute atomic E-state index is 5.84. The molecule has 0 aliphatic heterocycles. The molecule has 0 bridgehead atoms. The van der Waals surface area contributed by atoms with Gasteiger partial charge in [0.15, 0.2) is 0 Å². The maximum atomic E-state index is 5.84. The van der Waals surface area contributed by atoms with Crippen molar-refractivity contribution in [2.75, 3.05) is 5.32 Å². The van der Waals surface area contributed by atoms with E-state index in [0.29, 0.717) is 18.4 Å². The molecule has 10 heteroatoms. The molecule has 3 aromatic rings. The molecule has 0 aliphatic carbocycles. The van der Waals surface area contributed by atoms with E-state index in [-0.39, 0.29) is 5.28 Å². The SMILES string of the molecule is Clc1nc(NCc2ncc[nH]2)nc(-n2cncn2)n1. The van der Waals surface area contributed by atoms with Crippen molar-refractivity contribution in [2.45, 2.75) is 6.54 Å². The number of imidazole rings is 1. The molecule has 9 nitrogen and oxygen atoms in total. The normalized spacial score (nSPS) is 10.6. The molecule has 0 fully saturated rings. The Bertz CT molecular complexity index is 648. The zero-order valence-corrected chi connectivity index (χ0v) is 10.3. The summed E-state index contributed by atoms with van der Waals surface area (Å²) in [6.45, 7) is 0.449. The van der Waals surface area contributed by atoms with Gasteiger partial charge >= 0.3 is 0 Å². The Balaban J connectivity index is 1.82. The van der Waals surface area contributed by atoms with Gasteiger partial charge in [-0.05, 0) is 11.6 Å². The van der Waals surface area contributed by atoms with E-state index in [1.807, 2.05) is 0 Å². The largest absolute Gasteiger partial charge is 0.347 e. The van der Waals surface area contributed by atoms with Gasteiger partial charge in [-0.2, -0.15) is 24.7 Å². The highest BCUT2D eigenvalue weighted by Crippen LogP contribution is 2.09. The molecule has 0 aliphatic rings. The third-order valence-electron chi connectivity index (χ3n) is 2.19. The van der Waals surface area contributed by atoms with Gasteiger partial charge < -0.3 is 10.3 Å². The molecule has 0 aromatic carbocycles. The van der Waals surface area contributed by atoms with Crippen LogP contribution in [0.4, 0.5) is 5.95 Å². The van der Waals surface area contributed by atoms with Crippen molar-refractivity contribution in [2.24, 2.45) is 0 Å². The molecule has 19 heavy (non-hydrogen) atoms. The van der Waals surface area contributed by atoms with Gasteiger partial charge in [-0.25, -0.2) is 9.97 Å². The number of nitrogens with zero attached hydrogens (tertiary/aromatic N) is 7. The fraction of sp³-hybridized carbons (Fsp3) is 0.111. The Morgan fingerprint density at radius 1 is 1.32 bits per heavy atom. The van der Waals surface area contributed by atoms with Crippen LogP contribution in [0.2, 0.25) is 5.28 Å². The van der Waals surface area contributed by atoms with Crippen molar-refractivity contribution in [1.82, 2.24) is 39.7 Å². The molecule has 0 spiro atoms. The summed E-state index contributed by atoms with van der Waals surface area (Å²) in [5.74, 6) is 1.39. The van der Waals surface area contributed by atoms with Crippen LogP contribution in [-0.2, 0) is 6.54 Å². The Morgan fingerprint density at radius 3 is 3.00 bits per heavy atom. The molecule has 3 aromatic heterocycles. The number of rotatable bonds is 4. The van der Waals surface area contributed by atoms with E-state index >= 15 is 0 Å². The number of aromatic amines is 1. The standard InChI is InChI=1S/C9H8ClN9/c10-7-16-8(14-3-6-12-1-2-13-6)18-9(17-7)19-5-11-4-15-19/h1-2,4-5H,3H2,(H,12,13)(H,14,16,17,18). The van der Waals surface area contributed by atoms with Crippen molar-refractivity contribution >= 4 is 17.5 Å². The van der Waals surface area contributed by atoms with Crippen LogP contribution in [0.25, 0.3) is 5.95 Å². The highest BCUT2D eigenvalue weighted by Gasteiger charge is 2.07. The molecule has 3 rings (SSSR count). The minimum absolute atomic E-state index is 0.0717. The summed E-state index contributed by atoms with van der Waals surface area (Å²) in [6.07, 6.45) is 6.26. The number of halogens is 1. The van der Waals surface area contributed by atoms with Gasteiger partial charge in [-0.15, -0.1) is 0 Å². The van der Waals surface area contributed by atoms with Crippen LogP contribution in [-0.4, -0.2) is 39.7 Å². The number of H-pyrrole nitrogens is 1. The molecule has 0 radical (unpaired) electrons. The van der Waals surface area contributed by atoms with Crippen molar-refractivity contribution in [1.29, 1.82) is 0 Å². The molecule has 0 unspecified atom stereocenters. The van der Waals surface area contributed by atoms with Crippen LogP contribution in [0.3, 0.4) is 0 Å². The smallest absolute Gasteiger partial charge is 0.258 e. The summed E-state index contributed by atoms with van der Waals surface area (Å²) in [4.78, 5) is 23.0. The molecular formula is C9H8ClN9. The summed E-state index contributed by atoms with van der Waals surface area (Å²) in [7, 11) is 0. The fourth-order valence-electron chi connectivity index (χ4n) is 1.39. The molecule has 0 saturated carbocycles. The van der Waals surface area contributed by atoms with Crippen LogP contribution < -0.4 is 5.32 Å². The highest BCUT2D eigenvalue weighted by molar-refractivity contribution is 6.28. The molecular weight excluding hydrogens is 270 g/mol. The Kier molecular flexibility index (Phi) is 3.02. The van der Waals surface area contributed by atoms with Crippen LogP contribution in [0.15, 0.2) is 25.0 Å². The summed E-state index contributed by atoms with van der Waals surface area (Å²) in [6, 6.07) is 0. The second-order valence-electron chi connectivity index (χ2n) is 3.46. The number of aromatic nitrogens is 8. The molecule has 0 amide bonds. The van der Waals surface area contributed by atoms with E-state index in [4.69, 9.17) is 11.6 Å². The number of hydrogen-bond donors (Lipinski definition) is 2. The van der Waals surface area contributed by atoms with Crippen molar-refractivity contribution in [3.63, 3.8) is 0 Å². The van der Waals surface area contributed by atoms with Gasteiger partial charge in [0.2, 0.25) is 11.2 Å². The quantitative estimate of drug-likeness (QED) is 0.712. The molecule has 96 valence electrons. The number of hydrogen-bond acceptors (Lipinski definition) is 7. The average Bonchev–Trinajstić information content (AvgIpc) is 3.09. The van der Waals surface area contributed by atoms with Crippen LogP contribution in [0.1, 0.15) is 5.82 Å². The average molecular weight is 278 g/mol. The minimum atomic E-state index is 0.0717. The van der Waals surface area contributed by atoms with E-state index in [1.165, 1.54) is 17.3 Å². The Hall–Kier alpha value is -2.55. The van der Waals surface area contributed by atoms with Gasteiger partial charge in [-0.3, -0.25) is 0 Å². The van der Waals surface area contributed by atoms with Crippen LogP contribution >= 0.6 is 11.6 Å². The zero-order valence-electron chi connectivity index (χ0n) is 9.52. The Labute approximate surface area is 112 Å². The second kappa shape index (κ2) is 4.98. The first-order valence-corrected chi connectivity index (χ1v) is 5.68. The van der Waals surface area contributed by atoms with E-state index in [0.717, 1.165) is 5.82 Å². The van der Waals surface area contributed by atoms with Crippen molar-refractivity contribution in [3.05, 3.63) is 36.2 Å². The van der Waals surface area contributed by atoms with Crippen LogP contribution in [0.5, 0.6) is 0 Å². The summed E-state index contributed by atoms with van der Waals surface area (Å²) < 4.78 is 1.39. The zero-order chi connectivity index (χ0) is 13.1. The fourth-order valence-corrected chi connectivity index (χ4v) is 1.55. The maximum Gasteiger partial charge on any atom is 0.258 e. The van der Waals surface area contributed by atoms with Crippen molar-refractivity contribution < 1.29 is 0 Å². The molecule has 0 saturated heterocycles. The molecule has 3 heterocycles. The lowest BCUT2D eigenvalue weighted by atomic mass is 10.6. The molecule has 0 atom stereocenters. The van der Waals surface area contributed by atoms with E-state index in [1.54, 1.807) is 12.4 Å². The minimum Gasteiger partial charge on any atom is -0.347 e. The summed E-state index contributed by atoms with van der Waals surface area (Å²) in [5, 5.41) is 6.99. The number of anilines is 1. The summed E-state index contributed by atoms with van der Waals surface area (Å²) in [5.41, 5.74) is 0. The first-order chi connectivity index (χ1) is 9.31. The highest BCUT2D eigenvalue weighted by atomic mass is 35.5. The lowest BCUT2D eigenvalue weighted by Crippen LogP contribution is -2.10. The predicted octanol–water partition coefficient (Wildman–Crippen LogP) is 0.441. The van der Waals surface area contributed by atoms with Gasteiger partial charge in [-0.1, -0.05) is 0 Å². The van der Waals surface area contributed by atoms with Gasteiger partial charge in [0.05, 0.1) is 6.54 Å². The third kappa shape index (κ3) is 2.65. The topological polar surface area (TPSA) is 110 Å².